The van der Waals surface area contributed by atoms with Gasteiger partial charge < -0.3 is 5.32 Å². The van der Waals surface area contributed by atoms with Crippen LogP contribution in [0.2, 0.25) is 0 Å². The summed E-state index contributed by atoms with van der Waals surface area (Å²) in [5.41, 5.74) is 2.72. The molecule has 0 bridgehead atoms. The molecule has 112 valence electrons. The zero-order valence-corrected chi connectivity index (χ0v) is 11.7. The number of hydrogen-bond acceptors (Lipinski definition) is 1. The summed E-state index contributed by atoms with van der Waals surface area (Å²) >= 11 is 0. The van der Waals surface area contributed by atoms with E-state index in [1.54, 1.807) is 0 Å². The number of rotatable bonds is 5. The predicted octanol–water partition coefficient (Wildman–Crippen LogP) is 4.78. The first-order valence-corrected chi connectivity index (χ1v) is 7.44. The Morgan fingerprint density at radius 3 is 2.70 bits per heavy atom. The third-order valence-electron chi connectivity index (χ3n) is 3.90. The van der Waals surface area contributed by atoms with Gasteiger partial charge in [0.05, 0.1) is 0 Å². The second-order valence-corrected chi connectivity index (χ2v) is 5.52. The Morgan fingerprint density at radius 1 is 1.10 bits per heavy atom. The Morgan fingerprint density at radius 2 is 1.90 bits per heavy atom. The van der Waals surface area contributed by atoms with Crippen LogP contribution < -0.4 is 5.32 Å². The summed E-state index contributed by atoms with van der Waals surface area (Å²) in [5.74, 6) is 0. The molecule has 1 unspecified atom stereocenters. The predicted molar refractivity (Wildman–Crippen MR) is 74.6 cm³/mol. The van der Waals surface area contributed by atoms with Crippen molar-refractivity contribution in [1.29, 1.82) is 0 Å². The van der Waals surface area contributed by atoms with Gasteiger partial charge in [0.1, 0.15) is 0 Å². The van der Waals surface area contributed by atoms with Crippen LogP contribution in [0, 0.1) is 0 Å². The van der Waals surface area contributed by atoms with E-state index in [9.17, 15) is 13.2 Å². The molecule has 1 aliphatic rings. The fourth-order valence-corrected chi connectivity index (χ4v) is 2.86. The molecule has 0 saturated carbocycles. The largest absolute Gasteiger partial charge is 0.389 e. The lowest BCUT2D eigenvalue weighted by Gasteiger charge is -2.19. The molecule has 2 rings (SSSR count). The van der Waals surface area contributed by atoms with E-state index in [-0.39, 0.29) is 6.42 Å². The third kappa shape index (κ3) is 4.82. The van der Waals surface area contributed by atoms with Gasteiger partial charge in [0.2, 0.25) is 0 Å². The summed E-state index contributed by atoms with van der Waals surface area (Å²) in [4.78, 5) is 0. The summed E-state index contributed by atoms with van der Waals surface area (Å²) < 4.78 is 36.2. The highest BCUT2D eigenvalue weighted by atomic mass is 19.4. The molecule has 20 heavy (non-hydrogen) atoms. The van der Waals surface area contributed by atoms with Crippen LogP contribution in [-0.4, -0.2) is 12.7 Å². The summed E-state index contributed by atoms with van der Waals surface area (Å²) in [6.07, 6.45) is 0.671. The third-order valence-corrected chi connectivity index (χ3v) is 3.90. The molecule has 1 aromatic carbocycles. The monoisotopic (exact) mass is 285 g/mol. The molecule has 0 fully saturated rings. The van der Waals surface area contributed by atoms with Crippen LogP contribution in [-0.2, 0) is 6.42 Å². The van der Waals surface area contributed by atoms with Crippen LogP contribution in [0.5, 0.6) is 0 Å². The van der Waals surface area contributed by atoms with Gasteiger partial charge >= 0.3 is 6.18 Å². The first-order chi connectivity index (χ1) is 9.56. The van der Waals surface area contributed by atoms with E-state index in [1.165, 1.54) is 24.0 Å². The van der Waals surface area contributed by atoms with Crippen molar-refractivity contribution in [2.45, 2.75) is 57.2 Å². The van der Waals surface area contributed by atoms with Gasteiger partial charge in [-0.15, -0.1) is 0 Å². The minimum Gasteiger partial charge on any atom is -0.310 e. The zero-order chi connectivity index (χ0) is 14.4. The quantitative estimate of drug-likeness (QED) is 0.606. The van der Waals surface area contributed by atoms with Crippen molar-refractivity contribution < 1.29 is 13.2 Å². The van der Waals surface area contributed by atoms with E-state index >= 15 is 0 Å². The van der Waals surface area contributed by atoms with E-state index in [1.807, 2.05) is 6.07 Å². The van der Waals surface area contributed by atoms with E-state index in [2.05, 4.69) is 23.5 Å². The molecule has 1 aliphatic carbocycles. The SMILES string of the molecule is FC(F)(F)CCCCNC1CCCCc2ccccc21. The van der Waals surface area contributed by atoms with Crippen LogP contribution in [0.25, 0.3) is 0 Å². The first-order valence-electron chi connectivity index (χ1n) is 7.44. The second kappa shape index (κ2) is 7.11. The number of alkyl halides is 3. The normalized spacial score (nSPS) is 19.4. The van der Waals surface area contributed by atoms with Crippen molar-refractivity contribution in [2.24, 2.45) is 0 Å². The second-order valence-electron chi connectivity index (χ2n) is 5.52. The number of halogens is 3. The number of benzene rings is 1. The Hall–Kier alpha value is -1.03. The average Bonchev–Trinajstić information content (AvgIpc) is 2.60. The first kappa shape index (κ1) is 15.4. The van der Waals surface area contributed by atoms with Crippen LogP contribution in [0.15, 0.2) is 24.3 Å². The highest BCUT2D eigenvalue weighted by Crippen LogP contribution is 2.28. The zero-order valence-electron chi connectivity index (χ0n) is 11.7. The van der Waals surface area contributed by atoms with Gasteiger partial charge in [-0.2, -0.15) is 13.2 Å². The summed E-state index contributed by atoms with van der Waals surface area (Å²) in [6.45, 7) is 0.662. The van der Waals surface area contributed by atoms with E-state index in [0.29, 0.717) is 19.0 Å². The van der Waals surface area contributed by atoms with E-state index in [4.69, 9.17) is 0 Å². The molecule has 4 heteroatoms. The smallest absolute Gasteiger partial charge is 0.310 e. The van der Waals surface area contributed by atoms with Crippen LogP contribution in [0.4, 0.5) is 13.2 Å². The number of fused-ring (bicyclic) bond motifs is 1. The van der Waals surface area contributed by atoms with Crippen molar-refractivity contribution in [3.63, 3.8) is 0 Å². The molecule has 1 N–H and O–H groups in total. The Kier molecular flexibility index (Phi) is 5.46. The molecule has 0 amide bonds. The highest BCUT2D eigenvalue weighted by Gasteiger charge is 2.26. The van der Waals surface area contributed by atoms with Crippen LogP contribution in [0.1, 0.15) is 55.7 Å². The van der Waals surface area contributed by atoms with Crippen molar-refractivity contribution in [2.75, 3.05) is 6.54 Å². The molecule has 0 saturated heterocycles. The maximum atomic E-state index is 12.1. The minimum absolute atomic E-state index is 0.213. The van der Waals surface area contributed by atoms with Crippen LogP contribution >= 0.6 is 0 Å². The maximum absolute atomic E-state index is 12.1. The highest BCUT2D eigenvalue weighted by molar-refractivity contribution is 5.31. The average molecular weight is 285 g/mol. The minimum atomic E-state index is -4.02. The fraction of sp³-hybridized carbons (Fsp3) is 0.625. The van der Waals surface area contributed by atoms with Gasteiger partial charge in [0.25, 0.3) is 0 Å². The summed E-state index contributed by atoms with van der Waals surface area (Å²) in [7, 11) is 0. The Balaban J connectivity index is 1.81. The fourth-order valence-electron chi connectivity index (χ4n) is 2.86. The van der Waals surface area contributed by atoms with Gasteiger partial charge in [-0.05, 0) is 49.8 Å². The number of nitrogens with one attached hydrogen (secondary N) is 1. The van der Waals surface area contributed by atoms with E-state index < -0.39 is 12.6 Å². The van der Waals surface area contributed by atoms with Gasteiger partial charge in [0, 0.05) is 12.5 Å². The summed E-state index contributed by atoms with van der Waals surface area (Å²) in [5, 5.41) is 3.44. The van der Waals surface area contributed by atoms with Crippen molar-refractivity contribution in [3.8, 4) is 0 Å². The van der Waals surface area contributed by atoms with Gasteiger partial charge in [-0.3, -0.25) is 0 Å². The lowest BCUT2D eigenvalue weighted by Crippen LogP contribution is -2.23. The molecule has 1 nitrogen and oxygen atoms in total. The number of aryl methyl sites for hydroxylation is 1. The van der Waals surface area contributed by atoms with Crippen LogP contribution in [0.3, 0.4) is 0 Å². The standard InChI is InChI=1S/C16H22F3N/c17-16(18,19)11-5-6-12-20-15-10-4-2-8-13-7-1-3-9-14(13)15/h1,3,7,9,15,20H,2,4-6,8,10-12H2. The van der Waals surface area contributed by atoms with Crippen molar-refractivity contribution in [3.05, 3.63) is 35.4 Å². The van der Waals surface area contributed by atoms with Gasteiger partial charge in [-0.1, -0.05) is 30.7 Å². The number of hydrogen-bond donors (Lipinski definition) is 1. The topological polar surface area (TPSA) is 12.0 Å². The lowest BCUT2D eigenvalue weighted by molar-refractivity contribution is -0.135. The molecule has 0 aromatic heterocycles. The Labute approximate surface area is 118 Å². The molecule has 0 heterocycles. The van der Waals surface area contributed by atoms with Gasteiger partial charge in [-0.25, -0.2) is 0 Å². The van der Waals surface area contributed by atoms with Crippen molar-refractivity contribution >= 4 is 0 Å². The van der Waals surface area contributed by atoms with E-state index in [0.717, 1.165) is 12.8 Å². The number of unbranched alkanes of at least 4 members (excludes halogenated alkanes) is 1. The molecule has 1 atom stereocenters. The molecule has 0 aliphatic heterocycles. The van der Waals surface area contributed by atoms with Crippen molar-refractivity contribution in [1.82, 2.24) is 5.32 Å². The molecule has 1 aromatic rings. The molecule has 0 spiro atoms. The molecular formula is C16H22F3N. The maximum Gasteiger partial charge on any atom is 0.389 e. The lowest BCUT2D eigenvalue weighted by atomic mass is 9.99. The molecule has 0 radical (unpaired) electrons. The van der Waals surface area contributed by atoms with Gasteiger partial charge in [0.15, 0.2) is 0 Å². The molecular weight excluding hydrogens is 263 g/mol. The summed E-state index contributed by atoms with van der Waals surface area (Å²) in [6, 6.07) is 8.72. The Bertz CT molecular complexity index is 414.